The summed E-state index contributed by atoms with van der Waals surface area (Å²) in [6.07, 6.45) is 0. The van der Waals surface area contributed by atoms with E-state index in [9.17, 15) is 0 Å². The summed E-state index contributed by atoms with van der Waals surface area (Å²) in [4.78, 5) is 45.0. The Kier molecular flexibility index (Phi) is 75.4. The average Bonchev–Trinajstić information content (AvgIpc) is 2.24. The monoisotopic (exact) mass is 383 g/mol. The molecule has 0 spiro atoms. The first-order valence-electron chi connectivity index (χ1n) is 5.96. The van der Waals surface area contributed by atoms with E-state index in [1.165, 1.54) is 0 Å². The van der Waals surface area contributed by atoms with Crippen LogP contribution in [0.4, 0.5) is 0 Å². The minimum Gasteiger partial charge on any atom is -0.481 e. The second kappa shape index (κ2) is 43.2. The zero-order chi connectivity index (χ0) is 21.3. The number of hydrogen-bond donors (Lipinski definition) is 7. The fourth-order valence-electron chi connectivity index (χ4n) is 0. The standard InChI is InChI=1S/C2H8N2.5C2H4O2.Na/c3-1-2-4;5*1-2(3)4;/h1-4H2;5*1H3,(H,3,4);. The average molecular weight is 383 g/mol. The van der Waals surface area contributed by atoms with E-state index in [-0.39, 0.29) is 29.6 Å². The summed E-state index contributed by atoms with van der Waals surface area (Å²) in [6.45, 7) is 6.61. The van der Waals surface area contributed by atoms with Crippen molar-refractivity contribution < 1.29 is 49.5 Å². The molecular formula is C12H28N2NaO10. The molecule has 13 heteroatoms. The molecule has 0 aliphatic rings. The molecule has 0 heterocycles. The number of nitrogens with two attached hydrogens (primary N) is 2. The van der Waals surface area contributed by atoms with Gasteiger partial charge in [-0.1, -0.05) is 0 Å². The Bertz CT molecular complexity index is 246. The SMILES string of the molecule is CC(=O)O.CC(=O)O.CC(=O)O.CC(=O)O.CC(=O)O.NCCN.[Na]. The van der Waals surface area contributed by atoms with Gasteiger partial charge in [-0.15, -0.1) is 0 Å². The Morgan fingerprint density at radius 1 is 0.520 bits per heavy atom. The smallest absolute Gasteiger partial charge is 0.300 e. The molecule has 0 aromatic rings. The summed E-state index contributed by atoms with van der Waals surface area (Å²) in [6, 6.07) is 0. The summed E-state index contributed by atoms with van der Waals surface area (Å²) in [7, 11) is 0. The molecule has 0 bridgehead atoms. The van der Waals surface area contributed by atoms with Crippen LogP contribution in [0.15, 0.2) is 0 Å². The predicted octanol–water partition coefficient (Wildman–Crippen LogP) is -1.02. The van der Waals surface area contributed by atoms with E-state index < -0.39 is 29.8 Å². The molecule has 0 aliphatic carbocycles. The van der Waals surface area contributed by atoms with Crippen molar-refractivity contribution in [3.05, 3.63) is 0 Å². The number of rotatable bonds is 1. The molecule has 147 valence electrons. The molecule has 0 atom stereocenters. The van der Waals surface area contributed by atoms with Crippen molar-refractivity contribution >= 4 is 59.4 Å². The Morgan fingerprint density at radius 2 is 0.560 bits per heavy atom. The van der Waals surface area contributed by atoms with Crippen LogP contribution in [0.1, 0.15) is 34.6 Å². The molecule has 9 N–H and O–H groups in total. The molecule has 0 unspecified atom stereocenters. The van der Waals surface area contributed by atoms with Crippen molar-refractivity contribution in [2.75, 3.05) is 13.1 Å². The largest absolute Gasteiger partial charge is 0.481 e. The van der Waals surface area contributed by atoms with Crippen LogP contribution >= 0.6 is 0 Å². The van der Waals surface area contributed by atoms with Gasteiger partial charge in [-0.3, -0.25) is 24.0 Å². The molecule has 0 rings (SSSR count). The van der Waals surface area contributed by atoms with Crippen molar-refractivity contribution in [2.24, 2.45) is 11.5 Å². The Hall–Kier alpha value is -1.73. The minimum atomic E-state index is -0.833. The normalized spacial score (nSPS) is 6.20. The zero-order valence-corrected chi connectivity index (χ0v) is 17.3. The first kappa shape index (κ1) is 43.6. The Morgan fingerprint density at radius 3 is 0.560 bits per heavy atom. The third kappa shape index (κ3) is 17200. The number of carboxylic acid groups (broad SMARTS) is 5. The molecule has 0 amide bonds. The molecule has 0 saturated heterocycles. The van der Waals surface area contributed by atoms with Crippen LogP contribution in [0.3, 0.4) is 0 Å². The predicted molar refractivity (Wildman–Crippen MR) is 90.4 cm³/mol. The fraction of sp³-hybridized carbons (Fsp3) is 0.583. The summed E-state index contributed by atoms with van der Waals surface area (Å²) >= 11 is 0. The molecule has 1 radical (unpaired) electrons. The number of hydrogen-bond acceptors (Lipinski definition) is 7. The maximum absolute atomic E-state index is 9.00. The molecule has 0 saturated carbocycles. The van der Waals surface area contributed by atoms with Gasteiger partial charge in [0.2, 0.25) is 0 Å². The van der Waals surface area contributed by atoms with Crippen LogP contribution < -0.4 is 11.5 Å². The molecule has 0 aliphatic heterocycles. The first-order chi connectivity index (χ1) is 10.6. The second-order valence-corrected chi connectivity index (χ2v) is 3.17. The van der Waals surface area contributed by atoms with Crippen LogP contribution in [-0.4, -0.2) is 98.0 Å². The number of aliphatic carboxylic acids is 5. The van der Waals surface area contributed by atoms with Crippen molar-refractivity contribution in [2.45, 2.75) is 34.6 Å². The zero-order valence-electron chi connectivity index (χ0n) is 15.3. The fourth-order valence-corrected chi connectivity index (χ4v) is 0. The molecule has 0 aromatic heterocycles. The number of carbonyl (C=O) groups is 5. The molecule has 12 nitrogen and oxygen atoms in total. The Balaban J connectivity index is -0.0000000309. The van der Waals surface area contributed by atoms with Gasteiger partial charge in [0, 0.05) is 77.3 Å². The van der Waals surface area contributed by atoms with Gasteiger partial charge in [0.1, 0.15) is 0 Å². The van der Waals surface area contributed by atoms with Crippen molar-refractivity contribution in [1.29, 1.82) is 0 Å². The maximum atomic E-state index is 9.00. The maximum Gasteiger partial charge on any atom is 0.300 e. The molecule has 0 aromatic carbocycles. The summed E-state index contributed by atoms with van der Waals surface area (Å²) < 4.78 is 0. The van der Waals surface area contributed by atoms with Gasteiger partial charge in [-0.25, -0.2) is 0 Å². The van der Waals surface area contributed by atoms with Crippen LogP contribution in [0.2, 0.25) is 0 Å². The van der Waals surface area contributed by atoms with Gasteiger partial charge >= 0.3 is 0 Å². The van der Waals surface area contributed by atoms with Gasteiger partial charge in [-0.05, 0) is 0 Å². The molecular weight excluding hydrogens is 355 g/mol. The van der Waals surface area contributed by atoms with Crippen molar-refractivity contribution in [3.63, 3.8) is 0 Å². The minimum absolute atomic E-state index is 0. The first-order valence-corrected chi connectivity index (χ1v) is 5.96. The van der Waals surface area contributed by atoms with E-state index in [0.29, 0.717) is 13.1 Å². The van der Waals surface area contributed by atoms with Crippen LogP contribution in [0.25, 0.3) is 0 Å². The topological polar surface area (TPSA) is 239 Å². The van der Waals surface area contributed by atoms with E-state index in [1.807, 2.05) is 0 Å². The summed E-state index contributed by atoms with van der Waals surface area (Å²) in [5.41, 5.74) is 9.81. The van der Waals surface area contributed by atoms with Crippen LogP contribution in [-0.2, 0) is 24.0 Å². The molecule has 25 heavy (non-hydrogen) atoms. The third-order valence-corrected chi connectivity index (χ3v) is 0.167. The van der Waals surface area contributed by atoms with Crippen molar-refractivity contribution in [3.8, 4) is 0 Å². The van der Waals surface area contributed by atoms with Gasteiger partial charge in [0.15, 0.2) is 0 Å². The Labute approximate surface area is 168 Å². The van der Waals surface area contributed by atoms with Gasteiger partial charge in [-0.2, -0.15) is 0 Å². The second-order valence-electron chi connectivity index (χ2n) is 3.17. The van der Waals surface area contributed by atoms with Gasteiger partial charge in [0.05, 0.1) is 0 Å². The van der Waals surface area contributed by atoms with E-state index in [2.05, 4.69) is 0 Å². The van der Waals surface area contributed by atoms with Crippen molar-refractivity contribution in [1.82, 2.24) is 0 Å². The summed E-state index contributed by atoms with van der Waals surface area (Å²) in [5.74, 6) is -4.17. The quantitative estimate of drug-likeness (QED) is 0.269. The van der Waals surface area contributed by atoms with E-state index in [1.54, 1.807) is 0 Å². The third-order valence-electron chi connectivity index (χ3n) is 0.167. The van der Waals surface area contributed by atoms with E-state index in [0.717, 1.165) is 34.6 Å². The molecule has 0 fully saturated rings. The van der Waals surface area contributed by atoms with Crippen LogP contribution in [0.5, 0.6) is 0 Å². The van der Waals surface area contributed by atoms with E-state index in [4.69, 9.17) is 61.0 Å². The summed E-state index contributed by atoms with van der Waals surface area (Å²) in [5, 5.41) is 37.1. The van der Waals surface area contributed by atoms with Gasteiger partial charge in [0.25, 0.3) is 29.8 Å². The van der Waals surface area contributed by atoms with E-state index >= 15 is 0 Å². The van der Waals surface area contributed by atoms with Crippen LogP contribution in [0, 0.1) is 0 Å². The number of carboxylic acids is 5. The van der Waals surface area contributed by atoms with Gasteiger partial charge < -0.3 is 37.0 Å².